The van der Waals surface area contributed by atoms with Gasteiger partial charge in [-0.3, -0.25) is 13.9 Å². The Bertz CT molecular complexity index is 3350. The van der Waals surface area contributed by atoms with E-state index in [0.29, 0.717) is 51.1 Å². The van der Waals surface area contributed by atoms with E-state index in [0.717, 1.165) is 0 Å². The van der Waals surface area contributed by atoms with Gasteiger partial charge in [0.25, 0.3) is 5.56 Å². The van der Waals surface area contributed by atoms with Crippen LogP contribution in [0.1, 0.15) is 37.3 Å². The molecule has 1 aliphatic rings. The third kappa shape index (κ3) is 9.71. The molecular formula is C55H45N3O12S. The lowest BCUT2D eigenvalue weighted by Gasteiger charge is -2.27. The summed E-state index contributed by atoms with van der Waals surface area (Å²) in [5.41, 5.74) is 2.34. The number of benzene rings is 6. The van der Waals surface area contributed by atoms with Crippen LogP contribution >= 0.6 is 12.2 Å². The van der Waals surface area contributed by atoms with Crippen LogP contribution < -0.4 is 24.5 Å². The quantitative estimate of drug-likeness (QED) is 0.0542. The molecule has 71 heavy (non-hydrogen) atoms. The van der Waals surface area contributed by atoms with Crippen molar-refractivity contribution in [2.75, 3.05) is 35.0 Å². The van der Waals surface area contributed by atoms with Crippen molar-refractivity contribution in [2.45, 2.75) is 24.5 Å². The Morgan fingerprint density at radius 1 is 0.592 bits per heavy atom. The molecule has 1 saturated heterocycles. The highest BCUT2D eigenvalue weighted by atomic mass is 32.1. The van der Waals surface area contributed by atoms with Crippen LogP contribution in [0.25, 0.3) is 39.1 Å². The Hall–Kier alpha value is -8.60. The Balaban J connectivity index is 1.34. The summed E-state index contributed by atoms with van der Waals surface area (Å²) in [6, 6.07) is 45.7. The van der Waals surface area contributed by atoms with Crippen LogP contribution in [0.2, 0.25) is 0 Å². The second kappa shape index (κ2) is 21.0. The number of aromatic nitrogens is 3. The molecular weight excluding hydrogens is 927 g/mol. The predicted octanol–water partition coefficient (Wildman–Crippen LogP) is 9.49. The van der Waals surface area contributed by atoms with Crippen molar-refractivity contribution in [3.05, 3.63) is 196 Å². The number of hydrogen-bond acceptors (Lipinski definition) is 14. The third-order valence-corrected chi connectivity index (χ3v) is 12.3. The molecule has 358 valence electrons. The van der Waals surface area contributed by atoms with Crippen molar-refractivity contribution >= 4 is 41.2 Å². The molecule has 4 atom stereocenters. The summed E-state index contributed by atoms with van der Waals surface area (Å²) < 4.78 is 50.4. The van der Waals surface area contributed by atoms with Crippen molar-refractivity contribution in [1.82, 2.24) is 14.1 Å². The van der Waals surface area contributed by atoms with Crippen LogP contribution in [0.15, 0.2) is 169 Å². The van der Waals surface area contributed by atoms with Gasteiger partial charge in [0.15, 0.2) is 40.4 Å². The SMILES string of the molecule is COc1ccc(-c2cc(-c3ccc(OC)c(OC)c3)c3c(=O)n(-c4ccc(OC)cc4)c(=S)n([C@@H]4O[C@H](COC(=O)c5ccccc5)[C@@H](OC(=O)c5ccccc5)[C@H]4OC(=O)c4ccccc4)c3n2)cc1. The Morgan fingerprint density at radius 2 is 1.11 bits per heavy atom. The molecule has 15 nitrogen and oxygen atoms in total. The van der Waals surface area contributed by atoms with Gasteiger partial charge in [0, 0.05) is 11.1 Å². The lowest BCUT2D eigenvalue weighted by molar-refractivity contribution is -0.0617. The van der Waals surface area contributed by atoms with Gasteiger partial charge >= 0.3 is 17.9 Å². The molecule has 0 amide bonds. The predicted molar refractivity (Wildman–Crippen MR) is 265 cm³/mol. The van der Waals surface area contributed by atoms with Crippen molar-refractivity contribution in [3.63, 3.8) is 0 Å². The van der Waals surface area contributed by atoms with Crippen molar-refractivity contribution in [3.8, 4) is 51.1 Å². The van der Waals surface area contributed by atoms with E-state index < -0.39 is 54.6 Å². The fourth-order valence-electron chi connectivity index (χ4n) is 8.31. The van der Waals surface area contributed by atoms with E-state index in [1.54, 1.807) is 159 Å². The smallest absolute Gasteiger partial charge is 0.338 e. The van der Waals surface area contributed by atoms with Gasteiger partial charge in [0.1, 0.15) is 24.2 Å². The zero-order valence-corrected chi connectivity index (χ0v) is 39.6. The van der Waals surface area contributed by atoms with Gasteiger partial charge in [-0.1, -0.05) is 60.7 Å². The zero-order valence-electron chi connectivity index (χ0n) is 38.8. The summed E-state index contributed by atoms with van der Waals surface area (Å²) in [5.74, 6) is -0.340. The molecule has 16 heteroatoms. The van der Waals surface area contributed by atoms with E-state index in [1.165, 1.54) is 30.5 Å². The van der Waals surface area contributed by atoms with Gasteiger partial charge in [-0.2, -0.15) is 0 Å². The van der Waals surface area contributed by atoms with Crippen molar-refractivity contribution in [1.29, 1.82) is 0 Å². The fourth-order valence-corrected chi connectivity index (χ4v) is 8.69. The summed E-state index contributed by atoms with van der Waals surface area (Å²) in [5, 5.41) is 0.0624. The summed E-state index contributed by atoms with van der Waals surface area (Å²) in [6.07, 6.45) is -5.82. The number of carbonyl (C=O) groups excluding carboxylic acids is 3. The molecule has 0 spiro atoms. The number of esters is 3. The van der Waals surface area contributed by atoms with E-state index in [1.807, 2.05) is 12.1 Å². The molecule has 0 radical (unpaired) electrons. The van der Waals surface area contributed by atoms with Crippen LogP contribution in [0.3, 0.4) is 0 Å². The van der Waals surface area contributed by atoms with Crippen LogP contribution in [0.4, 0.5) is 0 Å². The first-order chi connectivity index (χ1) is 34.6. The highest BCUT2D eigenvalue weighted by Gasteiger charge is 2.52. The number of methoxy groups -OCH3 is 4. The average molecular weight is 972 g/mol. The van der Waals surface area contributed by atoms with Gasteiger partial charge in [-0.15, -0.1) is 0 Å². The van der Waals surface area contributed by atoms with E-state index in [2.05, 4.69) is 0 Å². The van der Waals surface area contributed by atoms with E-state index >= 15 is 4.79 Å². The lowest BCUT2D eigenvalue weighted by Crippen LogP contribution is -2.42. The Labute approximate surface area is 412 Å². The average Bonchev–Trinajstić information content (AvgIpc) is 3.74. The lowest BCUT2D eigenvalue weighted by atomic mass is 9.99. The number of ether oxygens (including phenoxy) is 8. The fraction of sp³-hybridized carbons (Fsp3) is 0.164. The second-order valence-corrected chi connectivity index (χ2v) is 16.4. The third-order valence-electron chi connectivity index (χ3n) is 11.9. The minimum Gasteiger partial charge on any atom is -0.497 e. The molecule has 3 heterocycles. The highest BCUT2D eigenvalue weighted by molar-refractivity contribution is 7.71. The minimum absolute atomic E-state index is 0.00342. The number of fused-ring (bicyclic) bond motifs is 1. The first-order valence-corrected chi connectivity index (χ1v) is 22.6. The number of nitrogens with zero attached hydrogens (tertiary/aromatic N) is 3. The Morgan fingerprint density at radius 3 is 1.66 bits per heavy atom. The van der Waals surface area contributed by atoms with Crippen LogP contribution in [0, 0.1) is 4.77 Å². The normalized spacial score (nSPS) is 16.2. The van der Waals surface area contributed by atoms with Gasteiger partial charge in [-0.25, -0.2) is 19.4 Å². The Kier molecular flexibility index (Phi) is 14.0. The molecule has 6 aromatic carbocycles. The molecule has 0 N–H and O–H groups in total. The largest absolute Gasteiger partial charge is 0.497 e. The molecule has 0 saturated carbocycles. The van der Waals surface area contributed by atoms with Crippen molar-refractivity contribution in [2.24, 2.45) is 0 Å². The first kappa shape index (κ1) is 47.5. The minimum atomic E-state index is -1.54. The van der Waals surface area contributed by atoms with E-state index in [9.17, 15) is 14.4 Å². The molecule has 0 unspecified atom stereocenters. The molecule has 1 aliphatic heterocycles. The van der Waals surface area contributed by atoms with Crippen LogP contribution in [-0.2, 0) is 18.9 Å². The summed E-state index contributed by atoms with van der Waals surface area (Å²) >= 11 is 6.37. The first-order valence-electron chi connectivity index (χ1n) is 22.2. The molecule has 0 bridgehead atoms. The maximum Gasteiger partial charge on any atom is 0.338 e. The van der Waals surface area contributed by atoms with Gasteiger partial charge in [0.05, 0.1) is 61.9 Å². The number of carbonyl (C=O) groups is 3. The standard InChI is InChI=1S/C55H45N3O12S/c1-63-39-25-20-33(21-26-39)42-31-41(37-22-29-43(65-3)44(30-37)66-4)46-49(56-42)58(55(71)57(50(46)59)38-23-27-40(64-2)28-24-38)51-48(70-54(62)36-18-12-7-13-19-36)47(69-53(61)35-16-10-6-11-17-35)45(68-51)32-67-52(60)34-14-8-5-9-15-34/h5-31,45,47-48,51H,32H2,1-4H3/t45-,47-,48-,51-/m1/s1. The number of rotatable bonds is 15. The highest BCUT2D eigenvalue weighted by Crippen LogP contribution is 2.41. The summed E-state index contributed by atoms with van der Waals surface area (Å²) in [6.45, 7) is -0.485. The van der Waals surface area contributed by atoms with Gasteiger partial charge in [0.2, 0.25) is 0 Å². The second-order valence-electron chi connectivity index (χ2n) is 16.0. The summed E-state index contributed by atoms with van der Waals surface area (Å²) in [7, 11) is 6.11. The van der Waals surface area contributed by atoms with Crippen LogP contribution in [-0.4, -0.2) is 85.4 Å². The number of pyridine rings is 1. The summed E-state index contributed by atoms with van der Waals surface area (Å²) in [4.78, 5) is 62.8. The van der Waals surface area contributed by atoms with Gasteiger partial charge in [-0.05, 0) is 121 Å². The number of hydrogen-bond donors (Lipinski definition) is 0. The monoisotopic (exact) mass is 971 g/mol. The molecule has 2 aromatic heterocycles. The van der Waals surface area contributed by atoms with E-state index in [4.69, 9.17) is 55.1 Å². The van der Waals surface area contributed by atoms with Crippen LogP contribution in [0.5, 0.6) is 23.0 Å². The van der Waals surface area contributed by atoms with Crippen molar-refractivity contribution < 1.29 is 52.3 Å². The zero-order chi connectivity index (χ0) is 49.6. The van der Waals surface area contributed by atoms with E-state index in [-0.39, 0.29) is 32.5 Å². The topological polar surface area (TPSA) is 165 Å². The maximum atomic E-state index is 15.5. The van der Waals surface area contributed by atoms with Gasteiger partial charge < -0.3 is 37.9 Å². The molecule has 1 fully saturated rings. The molecule has 0 aliphatic carbocycles. The molecule has 8 aromatic rings. The molecule has 9 rings (SSSR count). The maximum absolute atomic E-state index is 15.5.